The quantitative estimate of drug-likeness (QED) is 0.605. The molecule has 0 aromatic heterocycles. The van der Waals surface area contributed by atoms with Gasteiger partial charge in [0, 0.05) is 40.8 Å². The summed E-state index contributed by atoms with van der Waals surface area (Å²) in [4.78, 5) is 0. The molecule has 3 nitrogen and oxygen atoms in total. The maximum Gasteiger partial charge on any atom is 0.267 e. The lowest BCUT2D eigenvalue weighted by Gasteiger charge is -2.26. The smallest absolute Gasteiger partial charge is 0.0914 e. The lowest BCUT2D eigenvalue weighted by Crippen LogP contribution is -2.49. The Balaban J connectivity index is 4.34. The van der Waals surface area contributed by atoms with E-state index in [0.29, 0.717) is 0 Å². The number of rotatable bonds is 6. The zero-order valence-electron chi connectivity index (χ0n) is 9.87. The van der Waals surface area contributed by atoms with E-state index in [-0.39, 0.29) is 11.5 Å². The van der Waals surface area contributed by atoms with Gasteiger partial charge in [-0.15, -0.1) is 0 Å². The van der Waals surface area contributed by atoms with E-state index in [4.69, 9.17) is 0 Å². The van der Waals surface area contributed by atoms with Crippen molar-refractivity contribution in [3.8, 4) is 0 Å². The summed E-state index contributed by atoms with van der Waals surface area (Å²) in [6.45, 7) is 9.89. The highest BCUT2D eigenvalue weighted by atomic mass is 32.2. The van der Waals surface area contributed by atoms with Gasteiger partial charge in [-0.2, -0.15) is 0 Å². The normalized spacial score (nSPS) is 12.5. The molecule has 0 radical (unpaired) electrons. The van der Waals surface area contributed by atoms with E-state index < -0.39 is 0 Å². The van der Waals surface area contributed by atoms with Crippen LogP contribution in [0.2, 0.25) is 0 Å². The molecule has 0 saturated carbocycles. The monoisotopic (exact) mass is 206 g/mol. The predicted octanol–water partition coefficient (Wildman–Crippen LogP) is 1.20. The highest BCUT2D eigenvalue weighted by Gasteiger charge is 2.34. The van der Waals surface area contributed by atoms with Gasteiger partial charge in [0.25, 0.3) is 11.5 Å². The van der Waals surface area contributed by atoms with Crippen LogP contribution in [0.15, 0.2) is 0 Å². The van der Waals surface area contributed by atoms with Crippen LogP contribution < -0.4 is 0 Å². The van der Waals surface area contributed by atoms with E-state index in [1.165, 1.54) is 0 Å². The summed E-state index contributed by atoms with van der Waals surface area (Å²) in [5.74, 6) is 0. The van der Waals surface area contributed by atoms with Crippen molar-refractivity contribution in [2.75, 3.05) is 40.8 Å². The molecule has 0 unspecified atom stereocenters. The first-order valence-corrected chi connectivity index (χ1v) is 6.05. The molecular formula is C9H24N3S+. The average Bonchev–Trinajstić information content (AvgIpc) is 2.16. The highest BCUT2D eigenvalue weighted by Crippen LogP contribution is 2.11. The van der Waals surface area contributed by atoms with Crippen LogP contribution in [0, 0.1) is 0 Å². The van der Waals surface area contributed by atoms with Crippen LogP contribution in [-0.4, -0.2) is 53.7 Å². The summed E-state index contributed by atoms with van der Waals surface area (Å²) in [5, 5.41) is 0. The molecule has 0 N–H and O–H groups in total. The van der Waals surface area contributed by atoms with E-state index >= 15 is 0 Å². The first-order chi connectivity index (χ1) is 6.08. The molecule has 0 rings (SSSR count). The summed E-state index contributed by atoms with van der Waals surface area (Å²) in [6, 6.07) is 0. The van der Waals surface area contributed by atoms with Gasteiger partial charge < -0.3 is 0 Å². The van der Waals surface area contributed by atoms with Crippen LogP contribution in [0.4, 0.5) is 0 Å². The molecule has 0 spiro atoms. The molecule has 0 aromatic carbocycles. The molecule has 0 amide bonds. The number of nitrogens with zero attached hydrogens (tertiary/aromatic N) is 3. The molecule has 13 heavy (non-hydrogen) atoms. The highest BCUT2D eigenvalue weighted by molar-refractivity contribution is 7.90. The minimum absolute atomic E-state index is 0.141. The molecule has 0 fully saturated rings. The SMILES string of the molecule is CCN(C)[S+](N(C)CC)N(C)CC. The fourth-order valence-electron chi connectivity index (χ4n) is 1.06. The van der Waals surface area contributed by atoms with E-state index in [0.717, 1.165) is 19.6 Å². The molecule has 0 bridgehead atoms. The first kappa shape index (κ1) is 13.2. The number of hydrogen-bond donors (Lipinski definition) is 0. The molecule has 0 atom stereocenters. The van der Waals surface area contributed by atoms with Gasteiger partial charge >= 0.3 is 0 Å². The third-order valence-electron chi connectivity index (χ3n) is 2.17. The fraction of sp³-hybridized carbons (Fsp3) is 1.00. The van der Waals surface area contributed by atoms with Crippen LogP contribution in [0.5, 0.6) is 0 Å². The Morgan fingerprint density at radius 1 is 0.692 bits per heavy atom. The minimum Gasteiger partial charge on any atom is -0.0914 e. The van der Waals surface area contributed by atoms with Crippen molar-refractivity contribution < 1.29 is 0 Å². The molecule has 80 valence electrons. The van der Waals surface area contributed by atoms with Gasteiger partial charge in [0.05, 0.1) is 0 Å². The van der Waals surface area contributed by atoms with Crippen molar-refractivity contribution >= 4 is 11.5 Å². The predicted molar refractivity (Wildman–Crippen MR) is 62.3 cm³/mol. The molecule has 0 heterocycles. The first-order valence-electron chi connectivity index (χ1n) is 4.96. The molecule has 0 aromatic rings. The lowest BCUT2D eigenvalue weighted by molar-refractivity contribution is 0.433. The van der Waals surface area contributed by atoms with Crippen LogP contribution in [0.3, 0.4) is 0 Å². The Kier molecular flexibility index (Phi) is 6.77. The van der Waals surface area contributed by atoms with Crippen molar-refractivity contribution in [1.82, 2.24) is 12.9 Å². The topological polar surface area (TPSA) is 9.72 Å². The van der Waals surface area contributed by atoms with Crippen molar-refractivity contribution in [2.45, 2.75) is 20.8 Å². The largest absolute Gasteiger partial charge is 0.267 e. The second-order valence-electron chi connectivity index (χ2n) is 3.08. The zero-order chi connectivity index (χ0) is 10.4. The van der Waals surface area contributed by atoms with Gasteiger partial charge in [-0.1, -0.05) is 12.9 Å². The van der Waals surface area contributed by atoms with Crippen LogP contribution in [-0.2, 0) is 11.5 Å². The van der Waals surface area contributed by atoms with E-state index in [1.54, 1.807) is 0 Å². The second kappa shape index (κ2) is 6.65. The van der Waals surface area contributed by atoms with Gasteiger partial charge in [-0.05, 0) is 20.8 Å². The lowest BCUT2D eigenvalue weighted by atomic mass is 10.8. The van der Waals surface area contributed by atoms with Gasteiger partial charge in [-0.25, -0.2) is 0 Å². The standard InChI is InChI=1S/C9H24N3S/c1-7-10(4)13(11(5)8-2)12(6)9-3/h7-9H2,1-6H3/q+1. The summed E-state index contributed by atoms with van der Waals surface area (Å²) < 4.78 is 7.15. The third-order valence-corrected chi connectivity index (χ3v) is 4.62. The van der Waals surface area contributed by atoms with Crippen molar-refractivity contribution in [1.29, 1.82) is 0 Å². The van der Waals surface area contributed by atoms with E-state index in [2.05, 4.69) is 54.8 Å². The Morgan fingerprint density at radius 3 is 1.08 bits per heavy atom. The Hall–Kier alpha value is 0.230. The molecular weight excluding hydrogens is 182 g/mol. The molecule has 0 aliphatic rings. The van der Waals surface area contributed by atoms with Gasteiger partial charge in [0.1, 0.15) is 0 Å². The van der Waals surface area contributed by atoms with Crippen molar-refractivity contribution in [2.24, 2.45) is 0 Å². The van der Waals surface area contributed by atoms with Crippen LogP contribution >= 0.6 is 0 Å². The summed E-state index contributed by atoms with van der Waals surface area (Å²) in [6.07, 6.45) is 0. The van der Waals surface area contributed by atoms with Crippen molar-refractivity contribution in [3.05, 3.63) is 0 Å². The van der Waals surface area contributed by atoms with E-state index in [1.807, 2.05) is 0 Å². The number of hydrogen-bond acceptors (Lipinski definition) is 3. The summed E-state index contributed by atoms with van der Waals surface area (Å²) >= 11 is 0.141. The van der Waals surface area contributed by atoms with Gasteiger partial charge in [-0.3, -0.25) is 0 Å². The maximum absolute atomic E-state index is 2.38. The average molecular weight is 206 g/mol. The van der Waals surface area contributed by atoms with Crippen molar-refractivity contribution in [3.63, 3.8) is 0 Å². The van der Waals surface area contributed by atoms with Crippen LogP contribution in [0.25, 0.3) is 0 Å². The molecule has 0 saturated heterocycles. The molecule has 0 aliphatic carbocycles. The minimum atomic E-state index is 0.141. The molecule has 0 aliphatic heterocycles. The van der Waals surface area contributed by atoms with E-state index in [9.17, 15) is 0 Å². The summed E-state index contributed by atoms with van der Waals surface area (Å²) in [5.41, 5.74) is 0. The maximum atomic E-state index is 2.38. The fourth-order valence-corrected chi connectivity index (χ4v) is 3.18. The third kappa shape index (κ3) is 3.85. The van der Waals surface area contributed by atoms with Gasteiger partial charge in [0.15, 0.2) is 0 Å². The zero-order valence-corrected chi connectivity index (χ0v) is 10.7. The Morgan fingerprint density at radius 2 is 0.923 bits per heavy atom. The summed E-state index contributed by atoms with van der Waals surface area (Å²) in [7, 11) is 6.55. The Bertz CT molecular complexity index is 108. The Labute approximate surface area is 86.4 Å². The van der Waals surface area contributed by atoms with Crippen LogP contribution in [0.1, 0.15) is 20.8 Å². The van der Waals surface area contributed by atoms with Gasteiger partial charge in [0.2, 0.25) is 0 Å². The second-order valence-corrected chi connectivity index (χ2v) is 5.44. The molecule has 4 heteroatoms.